The van der Waals surface area contributed by atoms with E-state index >= 15 is 0 Å². The van der Waals surface area contributed by atoms with Crippen LogP contribution in [0.1, 0.15) is 6.92 Å². The molecular weight excluding hydrogens is 369 g/mol. The monoisotopic (exact) mass is 393 g/mol. The molecule has 0 unspecified atom stereocenters. The highest BCUT2D eigenvalue weighted by molar-refractivity contribution is 8.04. The van der Waals surface area contributed by atoms with Crippen molar-refractivity contribution in [3.8, 4) is 0 Å². The number of rotatable bonds is 6. The van der Waals surface area contributed by atoms with Gasteiger partial charge in [0, 0.05) is 45.0 Å². The second-order valence-corrected chi connectivity index (χ2v) is 7.37. The van der Waals surface area contributed by atoms with Gasteiger partial charge in [0.05, 0.1) is 23.5 Å². The van der Waals surface area contributed by atoms with E-state index in [1.165, 1.54) is 30.0 Å². The molecule has 1 aromatic rings. The van der Waals surface area contributed by atoms with Crippen LogP contribution in [0.15, 0.2) is 35.4 Å². The smallest absolute Gasteiger partial charge is 0.333 e. The van der Waals surface area contributed by atoms with Gasteiger partial charge in [-0.15, -0.1) is 0 Å². The standard InChI is InChI=1S/C19H24FN3O3S/c1-2-26-19(25)13-18-23(17(24)14-27-18)12-9-21-7-10-22(11-8-21)16-5-3-15(20)4-6-16/h3-6,13H,2,7-12,14H2,1H3/b18-13-. The summed E-state index contributed by atoms with van der Waals surface area (Å²) in [5.41, 5.74) is 1.03. The molecule has 2 heterocycles. The maximum absolute atomic E-state index is 13.1. The normalized spacial score (nSPS) is 19.8. The highest BCUT2D eigenvalue weighted by Gasteiger charge is 2.28. The lowest BCUT2D eigenvalue weighted by molar-refractivity contribution is -0.137. The number of hydrogen-bond donors (Lipinski definition) is 0. The van der Waals surface area contributed by atoms with Gasteiger partial charge in [0.1, 0.15) is 5.82 Å². The lowest BCUT2D eigenvalue weighted by Crippen LogP contribution is -2.48. The van der Waals surface area contributed by atoms with E-state index < -0.39 is 5.97 Å². The molecule has 0 aliphatic carbocycles. The summed E-state index contributed by atoms with van der Waals surface area (Å²) in [4.78, 5) is 30.0. The summed E-state index contributed by atoms with van der Waals surface area (Å²) in [6.45, 7) is 6.87. The fraction of sp³-hybridized carbons (Fsp3) is 0.474. The fourth-order valence-electron chi connectivity index (χ4n) is 3.18. The molecule has 0 radical (unpaired) electrons. The van der Waals surface area contributed by atoms with Crippen molar-refractivity contribution in [1.82, 2.24) is 9.80 Å². The number of anilines is 1. The van der Waals surface area contributed by atoms with Crippen LogP contribution in [0.25, 0.3) is 0 Å². The Labute approximate surface area is 162 Å². The van der Waals surface area contributed by atoms with E-state index in [9.17, 15) is 14.0 Å². The van der Waals surface area contributed by atoms with Gasteiger partial charge in [-0.3, -0.25) is 9.69 Å². The van der Waals surface area contributed by atoms with Gasteiger partial charge in [0.15, 0.2) is 0 Å². The topological polar surface area (TPSA) is 53.1 Å². The third-order valence-corrected chi connectivity index (χ3v) is 5.67. The van der Waals surface area contributed by atoms with Crippen LogP contribution < -0.4 is 4.90 Å². The Bertz CT molecular complexity index is 703. The number of ether oxygens (including phenoxy) is 1. The maximum atomic E-state index is 13.1. The Morgan fingerprint density at radius 3 is 2.56 bits per heavy atom. The van der Waals surface area contributed by atoms with Crippen LogP contribution in [0, 0.1) is 5.82 Å². The molecule has 2 fully saturated rings. The summed E-state index contributed by atoms with van der Waals surface area (Å²) in [6, 6.07) is 6.57. The van der Waals surface area contributed by atoms with Crippen molar-refractivity contribution >= 4 is 29.3 Å². The molecule has 0 N–H and O–H groups in total. The number of benzene rings is 1. The van der Waals surface area contributed by atoms with Crippen molar-refractivity contribution in [2.45, 2.75) is 6.92 Å². The van der Waals surface area contributed by atoms with Crippen LogP contribution in [0.4, 0.5) is 10.1 Å². The number of hydrogen-bond acceptors (Lipinski definition) is 6. The van der Waals surface area contributed by atoms with Crippen molar-refractivity contribution in [1.29, 1.82) is 0 Å². The summed E-state index contributed by atoms with van der Waals surface area (Å²) < 4.78 is 18.0. The van der Waals surface area contributed by atoms with Gasteiger partial charge in [-0.2, -0.15) is 0 Å². The molecule has 2 saturated heterocycles. The number of halogens is 1. The summed E-state index contributed by atoms with van der Waals surface area (Å²) in [5.74, 6) is -0.242. The molecule has 0 atom stereocenters. The van der Waals surface area contributed by atoms with Gasteiger partial charge in [-0.25, -0.2) is 9.18 Å². The molecule has 1 aromatic carbocycles. The molecule has 27 heavy (non-hydrogen) atoms. The first-order valence-corrected chi connectivity index (χ1v) is 10.1. The Hall–Kier alpha value is -2.06. The van der Waals surface area contributed by atoms with E-state index in [1.54, 1.807) is 24.0 Å². The molecule has 0 aromatic heterocycles. The molecule has 2 aliphatic heterocycles. The highest BCUT2D eigenvalue weighted by Crippen LogP contribution is 2.28. The van der Waals surface area contributed by atoms with Crippen LogP contribution in [0.2, 0.25) is 0 Å². The van der Waals surface area contributed by atoms with E-state index in [2.05, 4.69) is 9.80 Å². The average Bonchev–Trinajstić information content (AvgIpc) is 3.01. The third kappa shape index (κ3) is 5.23. The predicted molar refractivity (Wildman–Crippen MR) is 104 cm³/mol. The van der Waals surface area contributed by atoms with E-state index in [4.69, 9.17) is 4.74 Å². The SMILES string of the molecule is CCOC(=O)/C=C1\SCC(=O)N1CCN1CCN(c2ccc(F)cc2)CC1. The summed E-state index contributed by atoms with van der Waals surface area (Å²) in [6.07, 6.45) is 1.41. The lowest BCUT2D eigenvalue weighted by atomic mass is 10.2. The van der Waals surface area contributed by atoms with Gasteiger partial charge in [-0.1, -0.05) is 11.8 Å². The summed E-state index contributed by atoms with van der Waals surface area (Å²) in [5, 5.41) is 0.670. The molecule has 0 spiro atoms. The van der Waals surface area contributed by atoms with Crippen molar-refractivity contribution in [3.05, 3.63) is 41.2 Å². The van der Waals surface area contributed by atoms with Crippen LogP contribution in [0.3, 0.4) is 0 Å². The lowest BCUT2D eigenvalue weighted by Gasteiger charge is -2.36. The molecular formula is C19H24FN3O3S. The summed E-state index contributed by atoms with van der Waals surface area (Å²) >= 11 is 1.38. The zero-order chi connectivity index (χ0) is 19.2. The van der Waals surface area contributed by atoms with E-state index in [0.29, 0.717) is 23.9 Å². The highest BCUT2D eigenvalue weighted by atomic mass is 32.2. The van der Waals surface area contributed by atoms with Gasteiger partial charge >= 0.3 is 5.97 Å². The first kappa shape index (κ1) is 19.7. The van der Waals surface area contributed by atoms with Crippen LogP contribution in [-0.4, -0.2) is 73.3 Å². The first-order chi connectivity index (χ1) is 13.1. The van der Waals surface area contributed by atoms with Crippen LogP contribution >= 0.6 is 11.8 Å². The molecule has 6 nitrogen and oxygen atoms in total. The zero-order valence-corrected chi connectivity index (χ0v) is 16.2. The molecule has 1 amide bonds. The van der Waals surface area contributed by atoms with Crippen molar-refractivity contribution < 1.29 is 18.7 Å². The largest absolute Gasteiger partial charge is 0.463 e. The van der Waals surface area contributed by atoms with Crippen molar-refractivity contribution in [2.24, 2.45) is 0 Å². The van der Waals surface area contributed by atoms with Gasteiger partial charge < -0.3 is 14.5 Å². The number of piperazine rings is 1. The molecule has 3 rings (SSSR count). The van der Waals surface area contributed by atoms with Crippen molar-refractivity contribution in [3.63, 3.8) is 0 Å². The first-order valence-electron chi connectivity index (χ1n) is 9.11. The Morgan fingerprint density at radius 1 is 1.19 bits per heavy atom. The zero-order valence-electron chi connectivity index (χ0n) is 15.4. The molecule has 8 heteroatoms. The van der Waals surface area contributed by atoms with Crippen molar-refractivity contribution in [2.75, 3.05) is 56.5 Å². The van der Waals surface area contributed by atoms with Gasteiger partial charge in [0.25, 0.3) is 0 Å². The number of esters is 1. The Balaban J connectivity index is 1.49. The maximum Gasteiger partial charge on any atom is 0.333 e. The molecule has 2 aliphatic rings. The minimum absolute atomic E-state index is 0.0282. The third-order valence-electron chi connectivity index (χ3n) is 4.64. The minimum Gasteiger partial charge on any atom is -0.463 e. The molecule has 146 valence electrons. The van der Waals surface area contributed by atoms with E-state index in [0.717, 1.165) is 38.4 Å². The number of carbonyl (C=O) groups excluding carboxylic acids is 2. The summed E-state index contributed by atoms with van der Waals surface area (Å²) in [7, 11) is 0. The molecule has 0 bridgehead atoms. The quantitative estimate of drug-likeness (QED) is 0.544. The second kappa shape index (κ2) is 9.23. The van der Waals surface area contributed by atoms with Gasteiger partial charge in [-0.05, 0) is 31.2 Å². The number of nitrogens with zero attached hydrogens (tertiary/aromatic N) is 3. The second-order valence-electron chi connectivity index (χ2n) is 6.37. The van der Waals surface area contributed by atoms with Crippen LogP contribution in [0.5, 0.6) is 0 Å². The number of amides is 1. The van der Waals surface area contributed by atoms with Gasteiger partial charge in [0.2, 0.25) is 5.91 Å². The number of carbonyl (C=O) groups is 2. The molecule has 0 saturated carbocycles. The average molecular weight is 393 g/mol. The van der Waals surface area contributed by atoms with E-state index in [-0.39, 0.29) is 11.7 Å². The fourth-order valence-corrected chi connectivity index (χ4v) is 4.13. The predicted octanol–water partition coefficient (Wildman–Crippen LogP) is 1.93. The number of thioether (sulfide) groups is 1. The van der Waals surface area contributed by atoms with E-state index in [1.807, 2.05) is 0 Å². The Kier molecular flexibility index (Phi) is 6.73. The minimum atomic E-state index is -0.410. The Morgan fingerprint density at radius 2 is 1.89 bits per heavy atom. The van der Waals surface area contributed by atoms with Crippen LogP contribution in [-0.2, 0) is 14.3 Å².